The number of nitrogens with one attached hydrogen (secondary N) is 1. The van der Waals surface area contributed by atoms with Crippen LogP contribution in [0.1, 0.15) is 34.8 Å². The minimum Gasteiger partial charge on any atom is -0.438 e. The predicted molar refractivity (Wildman–Crippen MR) is 114 cm³/mol. The van der Waals surface area contributed by atoms with Gasteiger partial charge < -0.3 is 20.4 Å². The Morgan fingerprint density at radius 3 is 2.34 bits per heavy atom. The van der Waals surface area contributed by atoms with E-state index in [1.807, 2.05) is 0 Å². The summed E-state index contributed by atoms with van der Waals surface area (Å²) in [4.78, 5) is 36.1. The van der Waals surface area contributed by atoms with Crippen molar-refractivity contribution in [2.24, 2.45) is 5.73 Å². The van der Waals surface area contributed by atoms with Gasteiger partial charge in [0.15, 0.2) is 5.76 Å². The molecule has 0 atom stereocenters. The van der Waals surface area contributed by atoms with E-state index in [0.717, 1.165) is 6.07 Å². The summed E-state index contributed by atoms with van der Waals surface area (Å²) in [5.74, 6) is -1.56. The Kier molecular flexibility index (Phi) is 6.50. The van der Waals surface area contributed by atoms with Crippen molar-refractivity contribution >= 4 is 33.2 Å². The van der Waals surface area contributed by atoms with E-state index in [0.29, 0.717) is 5.69 Å². The number of carbonyl (C=O) groups is 2. The van der Waals surface area contributed by atoms with Crippen LogP contribution in [0.5, 0.6) is 0 Å². The normalized spacial score (nSPS) is 15.0. The molecule has 1 aromatic heterocycles. The molecule has 0 bridgehead atoms. The first-order chi connectivity index (χ1) is 15.0. The molecule has 2 amide bonds. The number of rotatable bonds is 7. The number of hydrogen-bond acceptors (Lipinski definition) is 8. The minimum absolute atomic E-state index is 0.0433. The molecular formula is C19H23N5O7S. The monoisotopic (exact) mass is 465 g/mol. The second kappa shape index (κ2) is 8.96. The van der Waals surface area contributed by atoms with E-state index in [-0.39, 0.29) is 49.2 Å². The van der Waals surface area contributed by atoms with E-state index in [4.69, 9.17) is 10.2 Å². The van der Waals surface area contributed by atoms with E-state index in [1.165, 1.54) is 28.6 Å². The van der Waals surface area contributed by atoms with Crippen molar-refractivity contribution in [3.8, 4) is 0 Å². The number of furan rings is 1. The number of carbonyl (C=O) groups excluding carboxylic acids is 2. The highest BCUT2D eigenvalue weighted by Crippen LogP contribution is 2.31. The highest BCUT2D eigenvalue weighted by molar-refractivity contribution is 7.89. The second-order valence-electron chi connectivity index (χ2n) is 7.46. The molecule has 1 aromatic carbocycles. The van der Waals surface area contributed by atoms with Crippen LogP contribution in [0.4, 0.5) is 11.4 Å². The van der Waals surface area contributed by atoms with Crippen LogP contribution in [-0.4, -0.2) is 61.7 Å². The average molecular weight is 465 g/mol. The highest BCUT2D eigenvalue weighted by atomic mass is 32.2. The van der Waals surface area contributed by atoms with Gasteiger partial charge in [0.05, 0.1) is 4.92 Å². The maximum atomic E-state index is 12.8. The molecule has 0 unspecified atom stereocenters. The van der Waals surface area contributed by atoms with E-state index in [2.05, 4.69) is 5.32 Å². The molecule has 0 aliphatic carbocycles. The topological polar surface area (TPSA) is 169 Å². The van der Waals surface area contributed by atoms with Crippen molar-refractivity contribution in [2.45, 2.75) is 25.0 Å². The molecule has 3 N–H and O–H groups in total. The zero-order valence-corrected chi connectivity index (χ0v) is 18.3. The molecule has 32 heavy (non-hydrogen) atoms. The highest BCUT2D eigenvalue weighted by Gasteiger charge is 2.33. The number of piperazine rings is 1. The molecule has 1 fully saturated rings. The van der Waals surface area contributed by atoms with Gasteiger partial charge in [0.25, 0.3) is 27.5 Å². The predicted octanol–water partition coefficient (Wildman–Crippen LogP) is 0.936. The summed E-state index contributed by atoms with van der Waals surface area (Å²) in [5.41, 5.74) is 5.31. The smallest absolute Gasteiger partial charge is 0.293 e. The number of primary amides is 1. The van der Waals surface area contributed by atoms with Crippen LogP contribution in [0.25, 0.3) is 0 Å². The van der Waals surface area contributed by atoms with E-state index >= 15 is 0 Å². The SMILES string of the molecule is CC(C)NC(=O)c1ccc(N2CCN(S(=O)(=O)c3ccc(C(N)=O)o3)CC2)c([N+](=O)[O-])c1. The Bertz CT molecular complexity index is 1150. The number of benzene rings is 1. The van der Waals surface area contributed by atoms with Crippen molar-refractivity contribution in [2.75, 3.05) is 31.1 Å². The summed E-state index contributed by atoms with van der Waals surface area (Å²) in [5, 5.41) is 13.9. The number of sulfonamides is 1. The summed E-state index contributed by atoms with van der Waals surface area (Å²) in [6.45, 7) is 4.02. The third kappa shape index (κ3) is 4.73. The quantitative estimate of drug-likeness (QED) is 0.449. The third-order valence-electron chi connectivity index (χ3n) is 4.85. The van der Waals surface area contributed by atoms with E-state index < -0.39 is 31.9 Å². The molecule has 1 aliphatic heterocycles. The standard InChI is InChI=1S/C19H23N5O7S/c1-12(2)21-19(26)13-3-4-14(15(11-13)24(27)28)22-7-9-23(10-8-22)32(29,30)17-6-5-16(31-17)18(20)25/h3-6,11-12H,7-10H2,1-2H3,(H2,20,25)(H,21,26). The first-order valence-electron chi connectivity index (χ1n) is 9.74. The lowest BCUT2D eigenvalue weighted by molar-refractivity contribution is -0.384. The molecule has 1 aliphatic rings. The first-order valence-corrected chi connectivity index (χ1v) is 11.2. The van der Waals surface area contributed by atoms with E-state index in [9.17, 15) is 28.1 Å². The van der Waals surface area contributed by atoms with Gasteiger partial charge in [-0.15, -0.1) is 0 Å². The molecule has 12 nitrogen and oxygen atoms in total. The zero-order chi connectivity index (χ0) is 23.6. The van der Waals surface area contributed by atoms with Gasteiger partial charge in [-0.25, -0.2) is 8.42 Å². The number of nitro groups is 1. The lowest BCUT2D eigenvalue weighted by Gasteiger charge is -2.34. The van der Waals surface area contributed by atoms with Crippen LogP contribution in [0.3, 0.4) is 0 Å². The van der Waals surface area contributed by atoms with Gasteiger partial charge in [-0.3, -0.25) is 19.7 Å². The summed E-state index contributed by atoms with van der Waals surface area (Å²) < 4.78 is 31.7. The van der Waals surface area contributed by atoms with Gasteiger partial charge in [-0.1, -0.05) is 0 Å². The lowest BCUT2D eigenvalue weighted by atomic mass is 10.1. The Labute approximate surface area is 184 Å². The number of nitrogens with two attached hydrogens (primary N) is 1. The Balaban J connectivity index is 1.77. The molecule has 1 saturated heterocycles. The molecule has 0 spiro atoms. The minimum atomic E-state index is -3.99. The zero-order valence-electron chi connectivity index (χ0n) is 17.5. The van der Waals surface area contributed by atoms with Crippen molar-refractivity contribution in [1.82, 2.24) is 9.62 Å². The van der Waals surface area contributed by atoms with Crippen molar-refractivity contribution in [3.05, 3.63) is 51.8 Å². The number of nitrogens with zero attached hydrogens (tertiary/aromatic N) is 3. The fourth-order valence-electron chi connectivity index (χ4n) is 3.31. The van der Waals surface area contributed by atoms with Gasteiger partial charge in [0.2, 0.25) is 5.09 Å². The van der Waals surface area contributed by atoms with Crippen LogP contribution in [-0.2, 0) is 10.0 Å². The van der Waals surface area contributed by atoms with Gasteiger partial charge >= 0.3 is 0 Å². The van der Waals surface area contributed by atoms with Crippen LogP contribution in [0.2, 0.25) is 0 Å². The molecular weight excluding hydrogens is 442 g/mol. The number of amides is 2. The Morgan fingerprint density at radius 2 is 1.81 bits per heavy atom. The number of anilines is 1. The van der Waals surface area contributed by atoms with E-state index in [1.54, 1.807) is 18.7 Å². The second-order valence-corrected chi connectivity index (χ2v) is 9.33. The molecule has 13 heteroatoms. The van der Waals surface area contributed by atoms with Gasteiger partial charge in [-0.05, 0) is 38.1 Å². The van der Waals surface area contributed by atoms with Gasteiger partial charge in [0, 0.05) is 43.9 Å². The fraction of sp³-hybridized carbons (Fsp3) is 0.368. The molecule has 0 saturated carbocycles. The number of hydrogen-bond donors (Lipinski definition) is 2. The van der Waals surface area contributed by atoms with Gasteiger partial charge in [-0.2, -0.15) is 4.31 Å². The fourth-order valence-corrected chi connectivity index (χ4v) is 4.65. The Morgan fingerprint density at radius 1 is 1.16 bits per heavy atom. The largest absolute Gasteiger partial charge is 0.438 e. The maximum absolute atomic E-state index is 12.8. The molecule has 0 radical (unpaired) electrons. The van der Waals surface area contributed by atoms with Gasteiger partial charge in [0.1, 0.15) is 5.69 Å². The van der Waals surface area contributed by atoms with Crippen molar-refractivity contribution in [3.63, 3.8) is 0 Å². The van der Waals surface area contributed by atoms with Crippen molar-refractivity contribution < 1.29 is 27.3 Å². The summed E-state index contributed by atoms with van der Waals surface area (Å²) in [6.07, 6.45) is 0. The van der Waals surface area contributed by atoms with Crippen molar-refractivity contribution in [1.29, 1.82) is 0 Å². The molecule has 3 rings (SSSR count). The summed E-state index contributed by atoms with van der Waals surface area (Å²) in [7, 11) is -3.99. The average Bonchev–Trinajstić information content (AvgIpc) is 3.24. The van der Waals surface area contributed by atoms with Crippen LogP contribution in [0.15, 0.2) is 39.8 Å². The molecule has 2 aromatic rings. The molecule has 172 valence electrons. The third-order valence-corrected chi connectivity index (χ3v) is 6.62. The van der Waals surface area contributed by atoms with Crippen LogP contribution >= 0.6 is 0 Å². The van der Waals surface area contributed by atoms with Crippen LogP contribution < -0.4 is 16.0 Å². The Hall–Kier alpha value is -3.45. The molecule has 2 heterocycles. The van der Waals surface area contributed by atoms with Crippen LogP contribution in [0, 0.1) is 10.1 Å². The maximum Gasteiger partial charge on any atom is 0.293 e. The summed E-state index contributed by atoms with van der Waals surface area (Å²) >= 11 is 0. The summed E-state index contributed by atoms with van der Waals surface area (Å²) in [6, 6.07) is 6.43. The number of nitro benzene ring substituents is 1. The first kappa shape index (κ1) is 23.2. The lowest BCUT2D eigenvalue weighted by Crippen LogP contribution is -2.48.